The van der Waals surface area contributed by atoms with Crippen molar-refractivity contribution in [1.82, 2.24) is 9.99 Å². The number of carbonyl (C=O) groups excluding carboxylic acids is 2. The quantitative estimate of drug-likeness (QED) is 0.392. The maximum Gasteiger partial charge on any atom is 0.259 e. The smallest absolute Gasteiger partial charge is 0.259 e. The predicted octanol–water partition coefficient (Wildman–Crippen LogP) is 2.54. The molecular formula is C21H12FN3O5. The molecule has 0 spiro atoms. The highest BCUT2D eigenvalue weighted by Gasteiger charge is 2.36. The van der Waals surface area contributed by atoms with Crippen LogP contribution >= 0.6 is 0 Å². The van der Waals surface area contributed by atoms with E-state index < -0.39 is 17.6 Å². The Morgan fingerprint density at radius 2 is 1.70 bits per heavy atom. The molecule has 8 nitrogen and oxygen atoms in total. The van der Waals surface area contributed by atoms with Crippen molar-refractivity contribution in [2.75, 3.05) is 12.6 Å². The number of hydrogen-bond donors (Lipinski definition) is 2. The van der Waals surface area contributed by atoms with Crippen molar-refractivity contribution in [2.45, 2.75) is 0 Å². The lowest BCUT2D eigenvalue weighted by atomic mass is 9.95. The number of carbonyl (C=O) groups is 2. The number of nitrogens with two attached hydrogens (primary N) is 1. The fourth-order valence-electron chi connectivity index (χ4n) is 4.00. The van der Waals surface area contributed by atoms with E-state index in [2.05, 4.69) is 5.32 Å². The Bertz CT molecular complexity index is 1460. The average Bonchev–Trinajstić information content (AvgIpc) is 3.46. The summed E-state index contributed by atoms with van der Waals surface area (Å²) in [6, 6.07) is 7.41. The molecular weight excluding hydrogens is 393 g/mol. The van der Waals surface area contributed by atoms with Crippen LogP contribution in [0.5, 0.6) is 11.5 Å². The van der Waals surface area contributed by atoms with Gasteiger partial charge in [0.25, 0.3) is 11.8 Å². The van der Waals surface area contributed by atoms with Gasteiger partial charge in [-0.1, -0.05) is 0 Å². The first kappa shape index (κ1) is 16.7. The standard InChI is InChI=1S/C21H12FN3O5/c22-9-1-2-15-11(3-9)13(7-28-15)19-18(20(26)24-21(19)27)12-6-25(23)14-5-17-16(4-10(12)14)29-8-30-17/h1-7H,8,23H2,(H,24,26,27). The number of nitrogens with zero attached hydrogens (tertiary/aromatic N) is 1. The minimum Gasteiger partial charge on any atom is -0.464 e. The van der Waals surface area contributed by atoms with Crippen LogP contribution in [0.2, 0.25) is 0 Å². The maximum absolute atomic E-state index is 13.8. The lowest BCUT2D eigenvalue weighted by Crippen LogP contribution is -2.22. The number of hydrogen-bond acceptors (Lipinski definition) is 6. The van der Waals surface area contributed by atoms with Crippen LogP contribution in [0.3, 0.4) is 0 Å². The van der Waals surface area contributed by atoms with E-state index in [9.17, 15) is 14.0 Å². The number of halogens is 1. The van der Waals surface area contributed by atoms with E-state index in [0.29, 0.717) is 44.5 Å². The number of ether oxygens (including phenoxy) is 2. The molecule has 0 atom stereocenters. The van der Waals surface area contributed by atoms with Crippen LogP contribution in [0.15, 0.2) is 47.2 Å². The SMILES string of the molecule is Nn1cc(C2=C(c3coc4ccc(F)cc34)C(=O)NC2=O)c2cc3c(cc21)OCO3. The highest BCUT2D eigenvalue weighted by molar-refractivity contribution is 6.50. The van der Waals surface area contributed by atoms with E-state index in [4.69, 9.17) is 19.7 Å². The zero-order valence-corrected chi connectivity index (χ0v) is 15.2. The van der Waals surface area contributed by atoms with Crippen molar-refractivity contribution in [3.63, 3.8) is 0 Å². The molecule has 0 aliphatic carbocycles. The number of nitrogen functional groups attached to an aromatic ring is 1. The lowest BCUT2D eigenvalue weighted by Gasteiger charge is -2.03. The van der Waals surface area contributed by atoms with Crippen molar-refractivity contribution in [1.29, 1.82) is 0 Å². The molecule has 2 aromatic heterocycles. The number of imide groups is 1. The van der Waals surface area contributed by atoms with Crippen molar-refractivity contribution in [3.05, 3.63) is 59.7 Å². The Kier molecular flexibility index (Phi) is 3.13. The van der Waals surface area contributed by atoms with E-state index >= 15 is 0 Å². The first-order valence-electron chi connectivity index (χ1n) is 8.98. The van der Waals surface area contributed by atoms with E-state index in [1.807, 2.05) is 0 Å². The number of rotatable bonds is 2. The lowest BCUT2D eigenvalue weighted by molar-refractivity contribution is -0.122. The van der Waals surface area contributed by atoms with Gasteiger partial charge in [-0.15, -0.1) is 0 Å². The van der Waals surface area contributed by atoms with Gasteiger partial charge in [-0.25, -0.2) is 4.39 Å². The summed E-state index contributed by atoms with van der Waals surface area (Å²) in [5.41, 5.74) is 1.97. The fourth-order valence-corrected chi connectivity index (χ4v) is 4.00. The van der Waals surface area contributed by atoms with Crippen LogP contribution in [0, 0.1) is 5.82 Å². The zero-order chi connectivity index (χ0) is 20.6. The van der Waals surface area contributed by atoms with Crippen molar-refractivity contribution in [3.8, 4) is 11.5 Å². The molecule has 2 amide bonds. The minimum atomic E-state index is -0.597. The average molecular weight is 405 g/mol. The second-order valence-corrected chi connectivity index (χ2v) is 7.00. The summed E-state index contributed by atoms with van der Waals surface area (Å²) in [5, 5.41) is 3.32. The van der Waals surface area contributed by atoms with Crippen LogP contribution in [-0.4, -0.2) is 23.3 Å². The summed E-state index contributed by atoms with van der Waals surface area (Å²) >= 11 is 0. The highest BCUT2D eigenvalue weighted by atomic mass is 19.1. The van der Waals surface area contributed by atoms with E-state index in [1.54, 1.807) is 18.3 Å². The van der Waals surface area contributed by atoms with Crippen LogP contribution in [0.25, 0.3) is 33.0 Å². The summed E-state index contributed by atoms with van der Waals surface area (Å²) in [5.74, 6) is 5.50. The molecule has 0 saturated carbocycles. The Balaban J connectivity index is 1.67. The fraction of sp³-hybridized carbons (Fsp3) is 0.0476. The van der Waals surface area contributed by atoms with Gasteiger partial charge in [0.2, 0.25) is 6.79 Å². The third-order valence-corrected chi connectivity index (χ3v) is 5.33. The van der Waals surface area contributed by atoms with Crippen molar-refractivity contribution in [2.24, 2.45) is 0 Å². The number of fused-ring (bicyclic) bond motifs is 3. The van der Waals surface area contributed by atoms with Gasteiger partial charge >= 0.3 is 0 Å². The molecule has 4 heterocycles. The van der Waals surface area contributed by atoms with Gasteiger partial charge in [0.05, 0.1) is 22.9 Å². The van der Waals surface area contributed by atoms with Crippen molar-refractivity contribution < 1.29 is 27.9 Å². The van der Waals surface area contributed by atoms with Crippen LogP contribution in [0.1, 0.15) is 11.1 Å². The molecule has 6 rings (SSSR count). The van der Waals surface area contributed by atoms with Crippen molar-refractivity contribution >= 4 is 44.8 Å². The predicted molar refractivity (Wildman–Crippen MR) is 104 cm³/mol. The topological polar surface area (TPSA) is 109 Å². The summed E-state index contributed by atoms with van der Waals surface area (Å²) in [7, 11) is 0. The van der Waals surface area contributed by atoms with Crippen LogP contribution in [-0.2, 0) is 9.59 Å². The largest absolute Gasteiger partial charge is 0.464 e. The normalized spacial score (nSPS) is 15.6. The molecule has 9 heteroatoms. The van der Waals surface area contributed by atoms with Gasteiger partial charge < -0.3 is 19.7 Å². The van der Waals surface area contributed by atoms with E-state index in [1.165, 1.54) is 29.1 Å². The minimum absolute atomic E-state index is 0.0847. The second-order valence-electron chi connectivity index (χ2n) is 7.00. The van der Waals surface area contributed by atoms with Gasteiger partial charge in [0, 0.05) is 34.2 Å². The molecule has 0 fully saturated rings. The number of aromatic nitrogens is 1. The number of benzene rings is 2. The summed E-state index contributed by atoms with van der Waals surface area (Å²) in [6.45, 7) is 0.0847. The molecule has 3 N–H and O–H groups in total. The number of amides is 2. The first-order chi connectivity index (χ1) is 14.5. The first-order valence-corrected chi connectivity index (χ1v) is 8.98. The van der Waals surface area contributed by atoms with Crippen LogP contribution in [0.4, 0.5) is 4.39 Å². The third-order valence-electron chi connectivity index (χ3n) is 5.33. The van der Waals surface area contributed by atoms with Crippen LogP contribution < -0.4 is 20.6 Å². The Morgan fingerprint density at radius 3 is 2.50 bits per heavy atom. The Morgan fingerprint density at radius 1 is 0.967 bits per heavy atom. The Labute approximate surface area is 167 Å². The molecule has 0 unspecified atom stereocenters. The molecule has 0 radical (unpaired) electrons. The van der Waals surface area contributed by atoms with Gasteiger partial charge in [-0.3, -0.25) is 19.6 Å². The summed E-state index contributed by atoms with van der Waals surface area (Å²) in [6.07, 6.45) is 2.89. The molecule has 2 aliphatic rings. The maximum atomic E-state index is 13.8. The number of nitrogens with one attached hydrogen (secondary N) is 1. The van der Waals surface area contributed by atoms with Gasteiger partial charge in [0.15, 0.2) is 11.5 Å². The molecule has 30 heavy (non-hydrogen) atoms. The number of furan rings is 1. The van der Waals surface area contributed by atoms with Gasteiger partial charge in [-0.2, -0.15) is 0 Å². The highest BCUT2D eigenvalue weighted by Crippen LogP contribution is 2.42. The van der Waals surface area contributed by atoms with Gasteiger partial charge in [-0.05, 0) is 24.3 Å². The van der Waals surface area contributed by atoms with Gasteiger partial charge in [0.1, 0.15) is 11.4 Å². The molecule has 148 valence electrons. The summed E-state index contributed by atoms with van der Waals surface area (Å²) in [4.78, 5) is 25.5. The summed E-state index contributed by atoms with van der Waals surface area (Å²) < 4.78 is 31.5. The molecule has 4 aromatic rings. The second kappa shape index (κ2) is 5.63. The van der Waals surface area contributed by atoms with E-state index in [0.717, 1.165) is 0 Å². The van der Waals surface area contributed by atoms with E-state index in [-0.39, 0.29) is 17.9 Å². The molecule has 0 bridgehead atoms. The third kappa shape index (κ3) is 2.14. The zero-order valence-electron chi connectivity index (χ0n) is 15.2. The monoisotopic (exact) mass is 405 g/mol. The molecule has 2 aliphatic heterocycles. The Hall–Kier alpha value is -4.27. The molecule has 2 aromatic carbocycles. The molecule has 0 saturated heterocycles.